The van der Waals surface area contributed by atoms with E-state index in [0.717, 1.165) is 29.4 Å². The summed E-state index contributed by atoms with van der Waals surface area (Å²) in [6, 6.07) is 6.62. The molecule has 3 rings (SSSR count). The van der Waals surface area contributed by atoms with Crippen LogP contribution in [0.25, 0.3) is 0 Å². The number of rotatable bonds is 3. The SMILES string of the molecule is C[C@@H](O)c1ccc(N2CCC(N3CCCCC3)C2)c(Cl)c1. The van der Waals surface area contributed by atoms with E-state index in [0.29, 0.717) is 6.04 Å². The third-order valence-electron chi connectivity index (χ3n) is 4.87. The summed E-state index contributed by atoms with van der Waals surface area (Å²) in [4.78, 5) is 5.05. The van der Waals surface area contributed by atoms with E-state index in [1.165, 1.54) is 38.8 Å². The second-order valence-electron chi connectivity index (χ2n) is 6.37. The van der Waals surface area contributed by atoms with Crippen molar-refractivity contribution in [1.29, 1.82) is 0 Å². The van der Waals surface area contributed by atoms with Gasteiger partial charge in [-0.25, -0.2) is 0 Å². The molecule has 0 aliphatic carbocycles. The highest BCUT2D eigenvalue weighted by Gasteiger charge is 2.29. The zero-order chi connectivity index (χ0) is 14.8. The number of aliphatic hydroxyl groups excluding tert-OH is 1. The summed E-state index contributed by atoms with van der Waals surface area (Å²) in [5, 5.41) is 10.4. The Kier molecular flexibility index (Phi) is 4.72. The van der Waals surface area contributed by atoms with E-state index in [4.69, 9.17) is 11.6 Å². The lowest BCUT2D eigenvalue weighted by Crippen LogP contribution is -2.40. The van der Waals surface area contributed by atoms with Crippen molar-refractivity contribution in [3.05, 3.63) is 28.8 Å². The molecule has 2 fully saturated rings. The number of hydrogen-bond donors (Lipinski definition) is 1. The Hall–Kier alpha value is -0.770. The van der Waals surface area contributed by atoms with Gasteiger partial charge in [-0.2, -0.15) is 0 Å². The van der Waals surface area contributed by atoms with Gasteiger partial charge in [-0.3, -0.25) is 4.90 Å². The lowest BCUT2D eigenvalue weighted by atomic mass is 10.1. The van der Waals surface area contributed by atoms with Crippen LogP contribution >= 0.6 is 11.6 Å². The molecule has 1 aromatic rings. The third kappa shape index (κ3) is 3.36. The molecule has 2 aliphatic rings. The van der Waals surface area contributed by atoms with Crippen molar-refractivity contribution in [2.45, 2.75) is 44.8 Å². The van der Waals surface area contributed by atoms with Crippen molar-refractivity contribution in [1.82, 2.24) is 4.90 Å². The fourth-order valence-corrected chi connectivity index (χ4v) is 3.89. The van der Waals surface area contributed by atoms with Crippen LogP contribution < -0.4 is 4.90 Å². The van der Waals surface area contributed by atoms with Crippen LogP contribution in [-0.4, -0.2) is 42.2 Å². The van der Waals surface area contributed by atoms with Crippen LogP contribution in [-0.2, 0) is 0 Å². The van der Waals surface area contributed by atoms with E-state index in [9.17, 15) is 5.11 Å². The van der Waals surface area contributed by atoms with Gasteiger partial charge in [0.25, 0.3) is 0 Å². The van der Waals surface area contributed by atoms with E-state index < -0.39 is 6.10 Å². The summed E-state index contributed by atoms with van der Waals surface area (Å²) >= 11 is 6.42. The van der Waals surface area contributed by atoms with Crippen molar-refractivity contribution in [2.75, 3.05) is 31.1 Å². The van der Waals surface area contributed by atoms with Crippen LogP contribution in [0.15, 0.2) is 18.2 Å². The molecule has 1 unspecified atom stereocenters. The molecule has 0 amide bonds. The third-order valence-corrected chi connectivity index (χ3v) is 5.17. The Bertz CT molecular complexity index is 486. The van der Waals surface area contributed by atoms with Crippen LogP contribution in [0, 0.1) is 0 Å². The predicted molar refractivity (Wildman–Crippen MR) is 88.1 cm³/mol. The lowest BCUT2D eigenvalue weighted by molar-refractivity contribution is 0.175. The Morgan fingerprint density at radius 2 is 1.95 bits per heavy atom. The second kappa shape index (κ2) is 6.55. The summed E-state index contributed by atoms with van der Waals surface area (Å²) in [6.07, 6.45) is 4.85. The van der Waals surface area contributed by atoms with E-state index in [1.54, 1.807) is 6.92 Å². The average molecular weight is 309 g/mol. The lowest BCUT2D eigenvalue weighted by Gasteiger charge is -2.32. The fourth-order valence-electron chi connectivity index (χ4n) is 3.58. The van der Waals surface area contributed by atoms with Gasteiger partial charge in [-0.05, 0) is 57.0 Å². The van der Waals surface area contributed by atoms with Gasteiger partial charge in [0, 0.05) is 19.1 Å². The molecule has 0 radical (unpaired) electrons. The Morgan fingerprint density at radius 1 is 1.19 bits per heavy atom. The highest BCUT2D eigenvalue weighted by atomic mass is 35.5. The average Bonchev–Trinajstić information content (AvgIpc) is 2.97. The van der Waals surface area contributed by atoms with Crippen molar-refractivity contribution in [3.63, 3.8) is 0 Å². The second-order valence-corrected chi connectivity index (χ2v) is 6.78. The molecule has 0 aromatic heterocycles. The first-order valence-electron chi connectivity index (χ1n) is 8.11. The van der Waals surface area contributed by atoms with Gasteiger partial charge in [-0.15, -0.1) is 0 Å². The zero-order valence-electron chi connectivity index (χ0n) is 12.8. The molecular formula is C17H25ClN2O. The van der Waals surface area contributed by atoms with Crippen LogP contribution in [0.5, 0.6) is 0 Å². The molecule has 1 N–H and O–H groups in total. The van der Waals surface area contributed by atoms with Crippen molar-refractivity contribution < 1.29 is 5.11 Å². The molecule has 0 saturated carbocycles. The molecule has 21 heavy (non-hydrogen) atoms. The number of anilines is 1. The van der Waals surface area contributed by atoms with E-state index in [2.05, 4.69) is 15.9 Å². The minimum Gasteiger partial charge on any atom is -0.389 e. The topological polar surface area (TPSA) is 26.7 Å². The molecule has 2 aliphatic heterocycles. The minimum atomic E-state index is -0.462. The number of aliphatic hydroxyl groups is 1. The highest BCUT2D eigenvalue weighted by Crippen LogP contribution is 2.32. The van der Waals surface area contributed by atoms with Crippen LogP contribution in [0.2, 0.25) is 5.02 Å². The van der Waals surface area contributed by atoms with Gasteiger partial charge in [-0.1, -0.05) is 24.1 Å². The normalized spacial score (nSPS) is 25.3. The first kappa shape index (κ1) is 15.1. The number of hydrogen-bond acceptors (Lipinski definition) is 3. The first-order valence-corrected chi connectivity index (χ1v) is 8.49. The molecule has 0 spiro atoms. The molecular weight excluding hydrogens is 284 g/mol. The largest absolute Gasteiger partial charge is 0.389 e. The zero-order valence-corrected chi connectivity index (χ0v) is 13.5. The quantitative estimate of drug-likeness (QED) is 0.926. The maximum atomic E-state index is 9.64. The van der Waals surface area contributed by atoms with E-state index >= 15 is 0 Å². The molecule has 3 nitrogen and oxygen atoms in total. The minimum absolute atomic E-state index is 0.462. The van der Waals surface area contributed by atoms with Gasteiger partial charge in [0.1, 0.15) is 0 Å². The molecule has 2 atom stereocenters. The standard InChI is InChI=1S/C17H25ClN2O/c1-13(21)14-5-6-17(16(18)11-14)20-10-7-15(12-20)19-8-3-2-4-9-19/h5-6,11,13,15,21H,2-4,7-10,12H2,1H3/t13-,15?/m1/s1. The molecule has 0 bridgehead atoms. The van der Waals surface area contributed by atoms with Crippen LogP contribution in [0.4, 0.5) is 5.69 Å². The predicted octanol–water partition coefficient (Wildman–Crippen LogP) is 3.46. The van der Waals surface area contributed by atoms with Gasteiger partial charge < -0.3 is 10.0 Å². The van der Waals surface area contributed by atoms with Gasteiger partial charge in [0.15, 0.2) is 0 Å². The van der Waals surface area contributed by atoms with Crippen LogP contribution in [0.3, 0.4) is 0 Å². The molecule has 2 saturated heterocycles. The number of piperidine rings is 1. The first-order chi connectivity index (χ1) is 10.1. The Labute approximate surface area is 132 Å². The Morgan fingerprint density at radius 3 is 2.62 bits per heavy atom. The summed E-state index contributed by atoms with van der Waals surface area (Å²) in [5.74, 6) is 0. The van der Waals surface area contributed by atoms with Crippen LogP contribution in [0.1, 0.15) is 44.3 Å². The maximum Gasteiger partial charge on any atom is 0.0762 e. The fraction of sp³-hybridized carbons (Fsp3) is 0.647. The number of likely N-dealkylation sites (tertiary alicyclic amines) is 1. The molecule has 1 aromatic carbocycles. The van der Waals surface area contributed by atoms with Crippen molar-refractivity contribution in [3.8, 4) is 0 Å². The summed E-state index contributed by atoms with van der Waals surface area (Å²) < 4.78 is 0. The smallest absolute Gasteiger partial charge is 0.0762 e. The Balaban J connectivity index is 1.68. The van der Waals surface area contributed by atoms with Gasteiger partial charge in [0.2, 0.25) is 0 Å². The van der Waals surface area contributed by atoms with Gasteiger partial charge >= 0.3 is 0 Å². The maximum absolute atomic E-state index is 9.64. The highest BCUT2D eigenvalue weighted by molar-refractivity contribution is 6.33. The number of benzene rings is 1. The molecule has 4 heteroatoms. The molecule has 116 valence electrons. The van der Waals surface area contributed by atoms with E-state index in [1.807, 2.05) is 12.1 Å². The summed E-state index contributed by atoms with van der Waals surface area (Å²) in [5.41, 5.74) is 2.00. The summed E-state index contributed by atoms with van der Waals surface area (Å²) in [7, 11) is 0. The number of halogens is 1. The van der Waals surface area contributed by atoms with E-state index in [-0.39, 0.29) is 0 Å². The van der Waals surface area contributed by atoms with Crippen molar-refractivity contribution >= 4 is 17.3 Å². The number of nitrogens with zero attached hydrogens (tertiary/aromatic N) is 2. The van der Waals surface area contributed by atoms with Crippen molar-refractivity contribution in [2.24, 2.45) is 0 Å². The monoisotopic (exact) mass is 308 g/mol. The summed E-state index contributed by atoms with van der Waals surface area (Å²) in [6.45, 7) is 6.44. The van der Waals surface area contributed by atoms with Gasteiger partial charge in [0.05, 0.1) is 16.8 Å². The molecule has 2 heterocycles.